The Morgan fingerprint density at radius 3 is 2.78 bits per heavy atom. The van der Waals surface area contributed by atoms with Crippen molar-refractivity contribution in [3.05, 3.63) is 117 Å². The molecule has 3 aromatic carbocycles. The highest BCUT2D eigenvalue weighted by Crippen LogP contribution is 2.33. The van der Waals surface area contributed by atoms with Gasteiger partial charge in [-0.1, -0.05) is 54.0 Å². The second kappa shape index (κ2) is 11.9. The lowest BCUT2D eigenvalue weighted by molar-refractivity contribution is -0.689. The van der Waals surface area contributed by atoms with Gasteiger partial charge in [0, 0.05) is 36.5 Å². The molecule has 10 heteroatoms. The highest BCUT2D eigenvalue weighted by Gasteiger charge is 2.37. The van der Waals surface area contributed by atoms with Crippen LogP contribution in [0.3, 0.4) is 0 Å². The zero-order chi connectivity index (χ0) is 28.2. The number of anilines is 2. The second-order valence-electron chi connectivity index (χ2n) is 10.3. The zero-order valence-electron chi connectivity index (χ0n) is 22.5. The molecule has 6 rings (SSSR count). The van der Waals surface area contributed by atoms with Crippen molar-refractivity contribution in [2.45, 2.75) is 38.4 Å². The highest BCUT2D eigenvalue weighted by atomic mass is 32.1. The first kappa shape index (κ1) is 26.6. The van der Waals surface area contributed by atoms with Crippen molar-refractivity contribution >= 4 is 28.1 Å². The molecule has 0 saturated carbocycles. The number of carbonyl (C=O) groups excluding carboxylic acids is 1. The fraction of sp³-hybridized carbons (Fsp3) is 0.258. The monoisotopic (exact) mass is 564 g/mol. The zero-order valence-corrected chi connectivity index (χ0v) is 23.3. The minimum absolute atomic E-state index is 0.172. The van der Waals surface area contributed by atoms with Crippen LogP contribution in [0.4, 0.5) is 10.8 Å². The van der Waals surface area contributed by atoms with E-state index < -0.39 is 0 Å². The number of nitrogens with zero attached hydrogens (tertiary/aromatic N) is 5. The Morgan fingerprint density at radius 1 is 1.07 bits per heavy atom. The molecule has 3 heterocycles. The summed E-state index contributed by atoms with van der Waals surface area (Å²) < 4.78 is 0. The molecule has 0 aliphatic carbocycles. The lowest BCUT2D eigenvalue weighted by atomic mass is 10.0. The predicted octanol–water partition coefficient (Wildman–Crippen LogP) is 5.68. The third-order valence-electron chi connectivity index (χ3n) is 7.49. The van der Waals surface area contributed by atoms with E-state index in [0.717, 1.165) is 55.1 Å². The van der Waals surface area contributed by atoms with Gasteiger partial charge in [-0.25, -0.2) is 4.98 Å². The van der Waals surface area contributed by atoms with Crippen molar-refractivity contribution in [3.63, 3.8) is 0 Å². The van der Waals surface area contributed by atoms with Crippen LogP contribution in [0.5, 0.6) is 0 Å². The van der Waals surface area contributed by atoms with Crippen LogP contribution in [0.25, 0.3) is 0 Å². The van der Waals surface area contributed by atoms with E-state index in [4.69, 9.17) is 10.2 Å². The first-order chi connectivity index (χ1) is 20.1. The lowest BCUT2D eigenvalue weighted by Crippen LogP contribution is -2.36. The number of rotatable bonds is 8. The van der Waals surface area contributed by atoms with Crippen LogP contribution in [0.1, 0.15) is 56.5 Å². The number of aromatic nitrogens is 1. The molecule has 206 valence electrons. The van der Waals surface area contributed by atoms with E-state index in [1.54, 1.807) is 46.7 Å². The van der Waals surface area contributed by atoms with Gasteiger partial charge in [0.1, 0.15) is 11.7 Å². The van der Waals surface area contributed by atoms with Crippen molar-refractivity contribution in [1.82, 2.24) is 14.9 Å². The molecule has 0 bridgehead atoms. The van der Waals surface area contributed by atoms with E-state index in [1.165, 1.54) is 10.4 Å². The Balaban J connectivity index is 1.11. The fourth-order valence-corrected chi connectivity index (χ4v) is 6.52. The molecule has 1 aromatic heterocycles. The number of nitrogens with one attached hydrogen (secondary N) is 2. The summed E-state index contributed by atoms with van der Waals surface area (Å²) in [4.78, 5) is 35.3. The average molecular weight is 565 g/mol. The van der Waals surface area contributed by atoms with E-state index in [9.17, 15) is 9.70 Å². The van der Waals surface area contributed by atoms with Gasteiger partial charge in [0.2, 0.25) is 0 Å². The van der Waals surface area contributed by atoms with Crippen LogP contribution < -0.4 is 10.7 Å². The van der Waals surface area contributed by atoms with Crippen LogP contribution in [0, 0.1) is 16.2 Å². The third kappa shape index (κ3) is 6.11. The van der Waals surface area contributed by atoms with E-state index in [-0.39, 0.29) is 11.9 Å². The Morgan fingerprint density at radius 2 is 1.93 bits per heavy atom. The molecular formula is C31H30N7O2S+. The molecule has 4 aromatic rings. The normalized spacial score (nSPS) is 16.6. The second-order valence-corrected chi connectivity index (χ2v) is 11.4. The van der Waals surface area contributed by atoms with E-state index in [1.807, 2.05) is 24.3 Å². The number of nitriles is 1. The van der Waals surface area contributed by atoms with Crippen molar-refractivity contribution < 1.29 is 9.77 Å². The summed E-state index contributed by atoms with van der Waals surface area (Å²) in [7, 11) is 0. The smallest absolute Gasteiger partial charge is 0.257 e. The Labute approximate surface area is 242 Å². The van der Waals surface area contributed by atoms with Crippen molar-refractivity contribution in [3.8, 4) is 6.07 Å². The van der Waals surface area contributed by atoms with Crippen molar-refractivity contribution in [2.75, 3.05) is 23.8 Å². The van der Waals surface area contributed by atoms with Gasteiger partial charge in [-0.05, 0) is 54.3 Å². The summed E-state index contributed by atoms with van der Waals surface area (Å²) in [5, 5.41) is 14.5. The molecule has 1 saturated heterocycles. The molecular weight excluding hydrogens is 534 g/mol. The molecule has 41 heavy (non-hydrogen) atoms. The van der Waals surface area contributed by atoms with Gasteiger partial charge < -0.3 is 0 Å². The number of amides is 1. The molecule has 2 aliphatic rings. The largest absolute Gasteiger partial charge is 0.298 e. The van der Waals surface area contributed by atoms with Crippen LogP contribution in [0.2, 0.25) is 0 Å². The first-order valence-corrected chi connectivity index (χ1v) is 14.5. The molecule has 1 amide bonds. The first-order valence-electron chi connectivity index (χ1n) is 13.7. The van der Waals surface area contributed by atoms with Crippen molar-refractivity contribution in [1.29, 1.82) is 5.26 Å². The summed E-state index contributed by atoms with van der Waals surface area (Å²) in [6, 6.07) is 26.6. The molecule has 2 aliphatic heterocycles. The molecule has 0 spiro atoms. The number of benzene rings is 3. The molecule has 1 fully saturated rings. The van der Waals surface area contributed by atoms with Crippen LogP contribution in [0.15, 0.2) is 78.9 Å². The third-order valence-corrected chi connectivity index (χ3v) is 8.49. The van der Waals surface area contributed by atoms with E-state index in [2.05, 4.69) is 46.0 Å². The fourth-order valence-electron chi connectivity index (χ4n) is 5.48. The van der Waals surface area contributed by atoms with Crippen LogP contribution >= 0.6 is 11.3 Å². The minimum Gasteiger partial charge on any atom is -0.298 e. The van der Waals surface area contributed by atoms with Gasteiger partial charge in [-0.2, -0.15) is 5.26 Å². The van der Waals surface area contributed by atoms with Gasteiger partial charge in [0.15, 0.2) is 5.13 Å². The topological polar surface area (TPSA) is 104 Å². The van der Waals surface area contributed by atoms with Gasteiger partial charge in [-0.15, -0.1) is 16.3 Å². The average Bonchev–Trinajstić information content (AvgIpc) is 3.65. The summed E-state index contributed by atoms with van der Waals surface area (Å²) in [6.07, 6.45) is 2.51. The van der Waals surface area contributed by atoms with Crippen molar-refractivity contribution in [2.24, 2.45) is 0 Å². The van der Waals surface area contributed by atoms with Gasteiger partial charge in [0.25, 0.3) is 10.9 Å². The highest BCUT2D eigenvalue weighted by molar-refractivity contribution is 7.15. The maximum absolute atomic E-state index is 13.2. The summed E-state index contributed by atoms with van der Waals surface area (Å²) in [6.45, 7) is 3.24. The standard InChI is InChI=1S/C31H29N7O2S/c32-19-23-9-4-12-26(17-23)35-38(40)37-15-6-13-28(37)24-10-5-11-25(18-24)30(39)34-31-33-27-14-16-36(21-29(27)41-31)20-22-7-2-1-3-8-22/h1-5,7-12,17-18,28H,6,13-16,20-21H2,(H-,33,34,35,39,40)/p+1. The number of hydrogen-bond donors (Lipinski definition) is 2. The number of nitroso groups, excluding NO2 is 1. The van der Waals surface area contributed by atoms with Gasteiger partial charge in [0.05, 0.1) is 28.8 Å². The lowest BCUT2D eigenvalue weighted by Gasteiger charge is -2.25. The summed E-state index contributed by atoms with van der Waals surface area (Å²) in [5.74, 6) is -0.214. The number of hydrogen-bond acceptors (Lipinski definition) is 6. The van der Waals surface area contributed by atoms with Gasteiger partial charge in [-0.3, -0.25) is 15.0 Å². The van der Waals surface area contributed by atoms with Crippen LogP contribution in [-0.2, 0) is 19.5 Å². The van der Waals surface area contributed by atoms with Crippen LogP contribution in [-0.4, -0.2) is 38.9 Å². The number of carbonyl (C=O) groups is 1. The minimum atomic E-state index is -0.214. The van der Waals surface area contributed by atoms with Gasteiger partial charge >= 0.3 is 0 Å². The number of fused-ring (bicyclic) bond motifs is 1. The summed E-state index contributed by atoms with van der Waals surface area (Å²) >= 11 is 1.54. The number of hydrazine groups is 2. The Hall–Kier alpha value is -4.59. The molecule has 9 nitrogen and oxygen atoms in total. The van der Waals surface area contributed by atoms with E-state index >= 15 is 0 Å². The SMILES string of the molecule is N#Cc1cccc(N[N+](=O)N2CCCC2c2cccc(C(=O)Nc3nc4c(s3)CN(Cc3ccccc3)CC4)c2)c1. The van der Waals surface area contributed by atoms with E-state index in [0.29, 0.717) is 28.5 Å². The number of thiazole rings is 1. The predicted molar refractivity (Wildman–Crippen MR) is 158 cm³/mol. The maximum atomic E-state index is 13.2. The molecule has 1 unspecified atom stereocenters. The Kier molecular flexibility index (Phi) is 7.71. The maximum Gasteiger partial charge on any atom is 0.257 e. The Bertz CT molecular complexity index is 1610. The molecule has 2 N–H and O–H groups in total. The molecule has 0 radical (unpaired) electrons. The summed E-state index contributed by atoms with van der Waals surface area (Å²) in [5.41, 5.74) is 7.64. The quantitative estimate of drug-likeness (QED) is 0.209. The molecule has 1 atom stereocenters.